The number of benzene rings is 1. The molecule has 0 spiro atoms. The lowest BCUT2D eigenvalue weighted by atomic mass is 10.1. The van der Waals surface area contributed by atoms with E-state index >= 15 is 0 Å². The molecule has 4 rings (SSSR count). The van der Waals surface area contributed by atoms with Crippen LogP contribution in [0.15, 0.2) is 45.6 Å². The van der Waals surface area contributed by atoms with E-state index < -0.39 is 0 Å². The molecular formula is C21H22N4O4. The van der Waals surface area contributed by atoms with Gasteiger partial charge < -0.3 is 19.9 Å². The Kier molecular flexibility index (Phi) is 5.18. The number of carbonyl (C=O) groups is 1. The second-order valence-corrected chi connectivity index (χ2v) is 7.07. The summed E-state index contributed by atoms with van der Waals surface area (Å²) in [6, 6.07) is 10.9. The number of aromatic amines is 1. The first-order chi connectivity index (χ1) is 14.0. The molecule has 3 heterocycles. The molecule has 0 saturated carbocycles. The van der Waals surface area contributed by atoms with Gasteiger partial charge in [0.25, 0.3) is 5.56 Å². The Morgan fingerprint density at radius 2 is 2.00 bits per heavy atom. The lowest BCUT2D eigenvalue weighted by Gasteiger charge is -2.26. The van der Waals surface area contributed by atoms with Crippen LogP contribution >= 0.6 is 0 Å². The van der Waals surface area contributed by atoms with Crippen molar-refractivity contribution in [3.63, 3.8) is 0 Å². The number of furan rings is 1. The Hall–Kier alpha value is -3.39. The van der Waals surface area contributed by atoms with Gasteiger partial charge in [0.1, 0.15) is 24.0 Å². The predicted molar refractivity (Wildman–Crippen MR) is 107 cm³/mol. The minimum Gasteiger partial charge on any atom is -0.461 e. The Balaban J connectivity index is 1.47. The van der Waals surface area contributed by atoms with Gasteiger partial charge in [0.15, 0.2) is 0 Å². The topological polar surface area (TPSA) is 114 Å². The van der Waals surface area contributed by atoms with Crippen molar-refractivity contribution in [2.75, 3.05) is 12.3 Å². The smallest absolute Gasteiger partial charge is 0.303 e. The van der Waals surface area contributed by atoms with Crippen molar-refractivity contribution in [3.8, 4) is 11.4 Å². The van der Waals surface area contributed by atoms with Crippen molar-refractivity contribution in [1.29, 1.82) is 0 Å². The van der Waals surface area contributed by atoms with Gasteiger partial charge >= 0.3 is 5.97 Å². The van der Waals surface area contributed by atoms with Crippen LogP contribution in [0.4, 0.5) is 5.69 Å². The predicted octanol–water partition coefficient (Wildman–Crippen LogP) is 2.23. The Morgan fingerprint density at radius 3 is 2.76 bits per heavy atom. The molecule has 0 atom stereocenters. The zero-order valence-corrected chi connectivity index (χ0v) is 16.1. The van der Waals surface area contributed by atoms with Crippen molar-refractivity contribution < 1.29 is 13.9 Å². The number of anilines is 1. The van der Waals surface area contributed by atoms with Crippen LogP contribution in [0.1, 0.15) is 29.7 Å². The van der Waals surface area contributed by atoms with Crippen LogP contribution in [0.5, 0.6) is 0 Å². The number of carbonyl (C=O) groups excluding carboxylic acids is 1. The molecule has 1 aliphatic heterocycles. The SMILES string of the molecule is CC(=O)OCc1ccc(CN2CCc3nc(-c4ccc(N)cc4)[nH]c(=O)c3C2)o1. The summed E-state index contributed by atoms with van der Waals surface area (Å²) in [5, 5.41) is 0. The van der Waals surface area contributed by atoms with Gasteiger partial charge in [-0.05, 0) is 36.4 Å². The molecule has 0 amide bonds. The zero-order valence-electron chi connectivity index (χ0n) is 16.1. The molecule has 0 unspecified atom stereocenters. The summed E-state index contributed by atoms with van der Waals surface area (Å²) < 4.78 is 10.7. The minimum atomic E-state index is -0.347. The molecule has 1 aliphatic rings. The number of nitrogens with two attached hydrogens (primary N) is 1. The number of nitrogens with one attached hydrogen (secondary N) is 1. The highest BCUT2D eigenvalue weighted by Crippen LogP contribution is 2.21. The molecule has 3 aromatic rings. The van der Waals surface area contributed by atoms with E-state index in [2.05, 4.69) is 14.9 Å². The van der Waals surface area contributed by atoms with E-state index in [9.17, 15) is 9.59 Å². The van der Waals surface area contributed by atoms with Gasteiger partial charge in [0.2, 0.25) is 0 Å². The largest absolute Gasteiger partial charge is 0.461 e. The number of hydrogen-bond donors (Lipinski definition) is 2. The van der Waals surface area contributed by atoms with Gasteiger partial charge in [-0.15, -0.1) is 0 Å². The number of H-pyrrole nitrogens is 1. The Labute approximate surface area is 167 Å². The van der Waals surface area contributed by atoms with Crippen LogP contribution in [0.25, 0.3) is 11.4 Å². The summed E-state index contributed by atoms with van der Waals surface area (Å²) in [6.45, 7) is 3.32. The molecule has 8 heteroatoms. The average molecular weight is 394 g/mol. The number of ether oxygens (including phenoxy) is 1. The van der Waals surface area contributed by atoms with Crippen molar-refractivity contribution in [3.05, 3.63) is 69.5 Å². The first-order valence-electron chi connectivity index (χ1n) is 9.39. The molecule has 0 radical (unpaired) electrons. The molecule has 0 saturated heterocycles. The molecular weight excluding hydrogens is 372 g/mol. The normalized spacial score (nSPS) is 13.8. The van der Waals surface area contributed by atoms with Crippen LogP contribution < -0.4 is 11.3 Å². The standard InChI is InChI=1S/C21H22N4O4/c1-13(26)28-12-17-7-6-16(29-17)10-25-9-8-19-18(11-25)21(27)24-20(23-19)14-2-4-15(22)5-3-14/h2-7H,8-12,22H2,1H3,(H,23,24,27). The summed E-state index contributed by atoms with van der Waals surface area (Å²) >= 11 is 0. The minimum absolute atomic E-state index is 0.121. The van der Waals surface area contributed by atoms with E-state index in [1.165, 1.54) is 6.92 Å². The highest BCUT2D eigenvalue weighted by Gasteiger charge is 2.22. The summed E-state index contributed by atoms with van der Waals surface area (Å²) in [6.07, 6.45) is 0.683. The number of hydrogen-bond acceptors (Lipinski definition) is 7. The second-order valence-electron chi connectivity index (χ2n) is 7.07. The first kappa shape index (κ1) is 18.9. The highest BCUT2D eigenvalue weighted by molar-refractivity contribution is 5.65. The fourth-order valence-corrected chi connectivity index (χ4v) is 3.37. The van der Waals surface area contributed by atoms with Crippen LogP contribution in [0, 0.1) is 0 Å². The fourth-order valence-electron chi connectivity index (χ4n) is 3.37. The number of nitrogens with zero attached hydrogens (tertiary/aromatic N) is 2. The van der Waals surface area contributed by atoms with Gasteiger partial charge in [0.05, 0.1) is 17.8 Å². The van der Waals surface area contributed by atoms with Crippen LogP contribution in [0.3, 0.4) is 0 Å². The summed E-state index contributed by atoms with van der Waals surface area (Å²) in [5.74, 6) is 1.57. The molecule has 0 bridgehead atoms. The molecule has 0 fully saturated rings. The van der Waals surface area contributed by atoms with E-state index in [0.717, 1.165) is 23.6 Å². The summed E-state index contributed by atoms with van der Waals surface area (Å²) in [5.41, 5.74) is 8.61. The maximum Gasteiger partial charge on any atom is 0.303 e. The monoisotopic (exact) mass is 394 g/mol. The van der Waals surface area contributed by atoms with E-state index in [4.69, 9.17) is 14.9 Å². The molecule has 1 aromatic carbocycles. The summed E-state index contributed by atoms with van der Waals surface area (Å²) in [7, 11) is 0. The van der Waals surface area contributed by atoms with Crippen LogP contribution in [0.2, 0.25) is 0 Å². The van der Waals surface area contributed by atoms with E-state index in [0.29, 0.717) is 42.3 Å². The third-order valence-corrected chi connectivity index (χ3v) is 4.85. The lowest BCUT2D eigenvalue weighted by Crippen LogP contribution is -2.35. The quantitative estimate of drug-likeness (QED) is 0.504. The first-order valence-corrected chi connectivity index (χ1v) is 9.39. The average Bonchev–Trinajstić information content (AvgIpc) is 3.14. The van der Waals surface area contributed by atoms with Crippen LogP contribution in [-0.2, 0) is 35.6 Å². The van der Waals surface area contributed by atoms with Gasteiger partial charge in [0, 0.05) is 37.7 Å². The lowest BCUT2D eigenvalue weighted by molar-refractivity contribution is -0.142. The maximum absolute atomic E-state index is 12.7. The number of esters is 1. The summed E-state index contributed by atoms with van der Waals surface area (Å²) in [4.78, 5) is 33.2. The fraction of sp³-hybridized carbons (Fsp3) is 0.286. The van der Waals surface area contributed by atoms with Crippen LogP contribution in [-0.4, -0.2) is 27.4 Å². The van der Waals surface area contributed by atoms with Crippen molar-refractivity contribution >= 4 is 11.7 Å². The van der Waals surface area contributed by atoms with E-state index in [1.807, 2.05) is 18.2 Å². The number of rotatable bonds is 5. The third kappa shape index (κ3) is 4.38. The number of fused-ring (bicyclic) bond motifs is 1. The second kappa shape index (κ2) is 7.92. The molecule has 0 aliphatic carbocycles. The molecule has 29 heavy (non-hydrogen) atoms. The maximum atomic E-state index is 12.7. The van der Waals surface area contributed by atoms with E-state index in [-0.39, 0.29) is 18.1 Å². The van der Waals surface area contributed by atoms with Crippen molar-refractivity contribution in [1.82, 2.24) is 14.9 Å². The number of nitrogen functional groups attached to an aromatic ring is 1. The van der Waals surface area contributed by atoms with Crippen molar-refractivity contribution in [2.45, 2.75) is 33.0 Å². The third-order valence-electron chi connectivity index (χ3n) is 4.85. The Bertz CT molecular complexity index is 1080. The highest BCUT2D eigenvalue weighted by atomic mass is 16.5. The van der Waals surface area contributed by atoms with Gasteiger partial charge in [-0.3, -0.25) is 14.5 Å². The zero-order chi connectivity index (χ0) is 20.4. The van der Waals surface area contributed by atoms with Gasteiger partial charge in [-0.25, -0.2) is 4.98 Å². The van der Waals surface area contributed by atoms with Gasteiger partial charge in [-0.2, -0.15) is 0 Å². The van der Waals surface area contributed by atoms with Gasteiger partial charge in [-0.1, -0.05) is 0 Å². The molecule has 150 valence electrons. The Morgan fingerprint density at radius 1 is 1.24 bits per heavy atom. The number of aromatic nitrogens is 2. The molecule has 8 nitrogen and oxygen atoms in total. The molecule has 3 N–H and O–H groups in total. The van der Waals surface area contributed by atoms with E-state index in [1.54, 1.807) is 18.2 Å². The van der Waals surface area contributed by atoms with Crippen molar-refractivity contribution in [2.24, 2.45) is 0 Å². The molecule has 2 aromatic heterocycles.